The molecule has 4 rings (SSSR count). The van der Waals surface area contributed by atoms with Crippen molar-refractivity contribution in [2.45, 2.75) is 51.4 Å². The highest BCUT2D eigenvalue weighted by Gasteiger charge is 2.46. The number of benzene rings is 1. The minimum Gasteiger partial charge on any atom is -0.457 e. The number of aryl methyl sites for hydroxylation is 1. The van der Waals surface area contributed by atoms with Crippen LogP contribution in [0.4, 0.5) is 5.69 Å². The molecule has 1 unspecified atom stereocenters. The molecule has 2 aromatic heterocycles. The molecule has 0 saturated carbocycles. The van der Waals surface area contributed by atoms with Crippen molar-refractivity contribution in [1.82, 2.24) is 10.1 Å². The van der Waals surface area contributed by atoms with Crippen molar-refractivity contribution in [2.24, 2.45) is 0 Å². The minimum absolute atomic E-state index is 0.154. The molecule has 156 valence electrons. The topological polar surface area (TPSA) is 83.1 Å². The number of anilines is 1. The van der Waals surface area contributed by atoms with Crippen LogP contribution in [-0.2, 0) is 4.79 Å². The lowest BCUT2D eigenvalue weighted by Crippen LogP contribution is -2.60. The number of rotatable bonds is 6. The Bertz CT molecular complexity index is 1140. The third kappa shape index (κ3) is 3.67. The SMILES string of the molecule is CCCCCSc1n[n+]2c(c(=O)[nH]1)-c1ccccc1N(C(C)=O)C2c1ccc(C)o1. The van der Waals surface area contributed by atoms with Gasteiger partial charge in [0.15, 0.2) is 5.76 Å². The number of nitrogens with one attached hydrogen (secondary N) is 1. The number of H-pyrrole nitrogens is 1. The maximum Gasteiger partial charge on any atom is 0.325 e. The molecule has 3 aromatic rings. The number of para-hydroxylation sites is 1. The van der Waals surface area contributed by atoms with E-state index >= 15 is 0 Å². The lowest BCUT2D eigenvalue weighted by Gasteiger charge is -2.30. The monoisotopic (exact) mass is 425 g/mol. The van der Waals surface area contributed by atoms with Gasteiger partial charge in [-0.3, -0.25) is 14.6 Å². The summed E-state index contributed by atoms with van der Waals surface area (Å²) in [7, 11) is 0. The van der Waals surface area contributed by atoms with E-state index in [1.54, 1.807) is 9.58 Å². The second-order valence-corrected chi connectivity index (χ2v) is 8.42. The van der Waals surface area contributed by atoms with Gasteiger partial charge >= 0.3 is 17.4 Å². The number of aromatic amines is 1. The number of fused-ring (bicyclic) bond motifs is 3. The summed E-state index contributed by atoms with van der Waals surface area (Å²) in [5.74, 6) is 2.00. The Balaban J connectivity index is 1.90. The number of nitrogens with zero attached hydrogens (tertiary/aromatic N) is 3. The van der Waals surface area contributed by atoms with Gasteiger partial charge < -0.3 is 4.42 Å². The number of carbonyl (C=O) groups excluding carboxylic acids is 1. The number of hydrogen-bond donors (Lipinski definition) is 1. The van der Waals surface area contributed by atoms with E-state index in [4.69, 9.17) is 9.52 Å². The molecule has 1 atom stereocenters. The zero-order valence-electron chi connectivity index (χ0n) is 17.3. The summed E-state index contributed by atoms with van der Waals surface area (Å²) in [5.41, 5.74) is 1.52. The Labute approximate surface area is 179 Å². The molecule has 0 radical (unpaired) electrons. The lowest BCUT2D eigenvalue weighted by atomic mass is 10.0. The number of aromatic nitrogens is 3. The first-order valence-electron chi connectivity index (χ1n) is 10.2. The molecule has 3 heterocycles. The van der Waals surface area contributed by atoms with Crippen molar-refractivity contribution >= 4 is 23.4 Å². The van der Waals surface area contributed by atoms with Crippen LogP contribution in [-0.4, -0.2) is 21.7 Å². The summed E-state index contributed by atoms with van der Waals surface area (Å²) in [6.07, 6.45) is 2.65. The van der Waals surface area contributed by atoms with Crippen molar-refractivity contribution in [3.05, 3.63) is 58.3 Å². The van der Waals surface area contributed by atoms with E-state index in [0.717, 1.165) is 30.8 Å². The van der Waals surface area contributed by atoms with Crippen LogP contribution in [0.5, 0.6) is 0 Å². The maximum atomic E-state index is 13.1. The molecule has 1 aromatic carbocycles. The number of furan rings is 1. The van der Waals surface area contributed by atoms with Crippen LogP contribution in [0, 0.1) is 6.92 Å². The molecular weight excluding hydrogens is 400 g/mol. The smallest absolute Gasteiger partial charge is 0.325 e. The molecule has 0 spiro atoms. The van der Waals surface area contributed by atoms with Gasteiger partial charge in [-0.05, 0) is 42.3 Å². The normalized spacial score (nSPS) is 15.0. The van der Waals surface area contributed by atoms with Crippen molar-refractivity contribution in [2.75, 3.05) is 10.7 Å². The fourth-order valence-electron chi connectivity index (χ4n) is 3.75. The van der Waals surface area contributed by atoms with Gasteiger partial charge in [-0.1, -0.05) is 43.7 Å². The number of amides is 1. The Hall–Kier alpha value is -2.87. The van der Waals surface area contributed by atoms with E-state index in [1.165, 1.54) is 18.7 Å². The molecule has 8 heteroatoms. The highest BCUT2D eigenvalue weighted by atomic mass is 32.2. The summed E-state index contributed by atoms with van der Waals surface area (Å²) in [5, 5.41) is 5.28. The van der Waals surface area contributed by atoms with E-state index in [1.807, 2.05) is 43.3 Å². The summed E-state index contributed by atoms with van der Waals surface area (Å²) in [6.45, 7) is 5.52. The van der Waals surface area contributed by atoms with E-state index in [2.05, 4.69) is 11.9 Å². The first-order valence-corrected chi connectivity index (χ1v) is 11.1. The largest absolute Gasteiger partial charge is 0.457 e. The van der Waals surface area contributed by atoms with Crippen LogP contribution in [0.2, 0.25) is 0 Å². The standard InChI is InChI=1S/C22H24N4O3S/c1-4-5-8-13-30-22-23-20(28)19-16-9-6-7-10-17(16)25(15(3)27)21(26(19)24-22)18-12-11-14(2)29-18/h6-7,9-12,21H,4-5,8,13H2,1-3H3/p+1. The van der Waals surface area contributed by atoms with Crippen LogP contribution in [0.3, 0.4) is 0 Å². The minimum atomic E-state index is -0.668. The molecule has 0 bridgehead atoms. The summed E-state index contributed by atoms with van der Waals surface area (Å²) < 4.78 is 7.52. The molecule has 0 fully saturated rings. The zero-order chi connectivity index (χ0) is 21.3. The molecular formula is C22H25N4O3S+. The van der Waals surface area contributed by atoms with Crippen LogP contribution < -0.4 is 15.1 Å². The zero-order valence-corrected chi connectivity index (χ0v) is 18.2. The molecule has 0 saturated heterocycles. The van der Waals surface area contributed by atoms with Gasteiger partial charge in [-0.25, -0.2) is 4.90 Å². The van der Waals surface area contributed by atoms with Crippen molar-refractivity contribution in [1.29, 1.82) is 0 Å². The predicted molar refractivity (Wildman–Crippen MR) is 115 cm³/mol. The Morgan fingerprint density at radius 2 is 2.07 bits per heavy atom. The molecule has 1 aliphatic heterocycles. The summed E-state index contributed by atoms with van der Waals surface area (Å²) in [6, 6.07) is 11.1. The molecule has 30 heavy (non-hydrogen) atoms. The van der Waals surface area contributed by atoms with E-state index in [9.17, 15) is 9.59 Å². The maximum absolute atomic E-state index is 13.1. The average Bonchev–Trinajstić information content (AvgIpc) is 3.15. The van der Waals surface area contributed by atoms with Crippen molar-refractivity contribution < 1.29 is 13.9 Å². The van der Waals surface area contributed by atoms with E-state index in [0.29, 0.717) is 27.9 Å². The molecule has 1 aliphatic rings. The first kappa shape index (κ1) is 20.4. The number of thioether (sulfide) groups is 1. The van der Waals surface area contributed by atoms with Crippen LogP contribution in [0.15, 0.2) is 50.8 Å². The van der Waals surface area contributed by atoms with E-state index in [-0.39, 0.29) is 11.5 Å². The summed E-state index contributed by atoms with van der Waals surface area (Å²) in [4.78, 5) is 30.4. The average molecular weight is 426 g/mol. The van der Waals surface area contributed by atoms with Gasteiger partial charge in [-0.15, -0.1) is 0 Å². The van der Waals surface area contributed by atoms with Crippen LogP contribution in [0.25, 0.3) is 11.3 Å². The quantitative estimate of drug-likeness (QED) is 0.369. The molecule has 0 aliphatic carbocycles. The van der Waals surface area contributed by atoms with E-state index < -0.39 is 6.17 Å². The van der Waals surface area contributed by atoms with Crippen molar-refractivity contribution in [3.63, 3.8) is 0 Å². The Morgan fingerprint density at radius 3 is 2.77 bits per heavy atom. The second-order valence-electron chi connectivity index (χ2n) is 7.34. The number of hydrogen-bond acceptors (Lipinski definition) is 5. The third-order valence-electron chi connectivity index (χ3n) is 5.10. The molecule has 1 N–H and O–H groups in total. The molecule has 1 amide bonds. The highest BCUT2D eigenvalue weighted by molar-refractivity contribution is 7.99. The van der Waals surface area contributed by atoms with Gasteiger partial charge in [-0.2, -0.15) is 0 Å². The first-order chi connectivity index (χ1) is 14.5. The van der Waals surface area contributed by atoms with Gasteiger partial charge in [0.05, 0.1) is 11.3 Å². The third-order valence-corrected chi connectivity index (χ3v) is 6.05. The molecule has 7 nitrogen and oxygen atoms in total. The fraction of sp³-hybridized carbons (Fsp3) is 0.364. The Kier molecular flexibility index (Phi) is 5.76. The van der Waals surface area contributed by atoms with Gasteiger partial charge in [0, 0.05) is 17.8 Å². The fourth-order valence-corrected chi connectivity index (χ4v) is 4.60. The van der Waals surface area contributed by atoms with Gasteiger partial charge in [0.25, 0.3) is 0 Å². The lowest BCUT2D eigenvalue weighted by molar-refractivity contribution is -0.764. The number of unbranched alkanes of at least 4 members (excludes halogenated alkanes) is 2. The van der Waals surface area contributed by atoms with Gasteiger partial charge in [0.1, 0.15) is 5.76 Å². The Morgan fingerprint density at radius 1 is 1.27 bits per heavy atom. The van der Waals surface area contributed by atoms with Gasteiger partial charge in [0.2, 0.25) is 11.1 Å². The van der Waals surface area contributed by atoms with Crippen molar-refractivity contribution in [3.8, 4) is 11.3 Å². The second kappa shape index (κ2) is 8.47. The predicted octanol–water partition coefficient (Wildman–Crippen LogP) is 3.82. The van der Waals surface area contributed by atoms with Crippen LogP contribution in [0.1, 0.15) is 50.8 Å². The highest BCUT2D eigenvalue weighted by Crippen LogP contribution is 2.37. The van der Waals surface area contributed by atoms with Crippen LogP contribution >= 0.6 is 11.8 Å². The number of carbonyl (C=O) groups is 1. The summed E-state index contributed by atoms with van der Waals surface area (Å²) >= 11 is 1.52.